The van der Waals surface area contributed by atoms with E-state index >= 15 is 4.39 Å². The summed E-state index contributed by atoms with van der Waals surface area (Å²) in [7, 11) is 0. The topological polar surface area (TPSA) is 252 Å². The highest BCUT2D eigenvalue weighted by Crippen LogP contribution is 2.58. The van der Waals surface area contributed by atoms with Gasteiger partial charge in [-0.2, -0.15) is 15.0 Å². The first-order chi connectivity index (χ1) is 21.3. The maximum absolute atomic E-state index is 16.0. The fourth-order valence-corrected chi connectivity index (χ4v) is 8.41. The zero-order valence-corrected chi connectivity index (χ0v) is 26.6. The fraction of sp³-hybridized carbons (Fsp3) is 0.500. The van der Waals surface area contributed by atoms with Crippen molar-refractivity contribution in [3.8, 4) is 0 Å². The van der Waals surface area contributed by atoms with Crippen LogP contribution >= 0.6 is 37.4 Å². The minimum absolute atomic E-state index is 0.0525. The molecule has 3 fully saturated rings. The Morgan fingerprint density at radius 2 is 1.76 bits per heavy atom. The predicted molar refractivity (Wildman–Crippen MR) is 159 cm³/mol. The second-order valence-electron chi connectivity index (χ2n) is 10.1. The smallest absolute Gasteiger partial charge is 0.382 e. The van der Waals surface area contributed by atoms with Crippen molar-refractivity contribution in [1.82, 2.24) is 39.0 Å². The lowest BCUT2D eigenvalue weighted by Crippen LogP contribution is -2.35. The van der Waals surface area contributed by atoms with Crippen LogP contribution in [0.25, 0.3) is 22.3 Å². The predicted octanol–water partition coefficient (Wildman–Crippen LogP) is 1.37. The molecule has 3 aliphatic heterocycles. The van der Waals surface area contributed by atoms with Gasteiger partial charge in [-0.1, -0.05) is 12.2 Å². The van der Waals surface area contributed by atoms with Crippen molar-refractivity contribution in [2.45, 2.75) is 49.5 Å². The summed E-state index contributed by atoms with van der Waals surface area (Å²) in [5.41, 5.74) is 11.2. The summed E-state index contributed by atoms with van der Waals surface area (Å²) in [6, 6.07) is 0. The van der Waals surface area contributed by atoms with E-state index in [2.05, 4.69) is 42.2 Å². The number of thiol groups is 1. The molecule has 0 spiro atoms. The summed E-state index contributed by atoms with van der Waals surface area (Å²) in [6.45, 7) is -9.36. The van der Waals surface area contributed by atoms with Gasteiger partial charge in [-0.25, -0.2) is 18.9 Å². The molecular weight excluding hydrogens is 705 g/mol. The van der Waals surface area contributed by atoms with Crippen molar-refractivity contribution in [3.63, 3.8) is 0 Å². The number of fused-ring (bicyclic) bond motifs is 4. The van der Waals surface area contributed by atoms with Gasteiger partial charge in [0.15, 0.2) is 35.0 Å². The number of hydrogen-bond donors (Lipinski definition) is 5. The van der Waals surface area contributed by atoms with E-state index in [1.807, 2.05) is 0 Å². The molecular formula is C20H22ClFN10O9P2S2. The van der Waals surface area contributed by atoms with Crippen LogP contribution < -0.4 is 17.0 Å². The summed E-state index contributed by atoms with van der Waals surface area (Å²) in [5, 5.41) is -0.116. The van der Waals surface area contributed by atoms with E-state index in [-0.39, 0.29) is 45.8 Å². The Labute approximate surface area is 265 Å². The Morgan fingerprint density at radius 1 is 1.04 bits per heavy atom. The van der Waals surface area contributed by atoms with Gasteiger partial charge in [0.25, 0.3) is 5.56 Å². The highest BCUT2D eigenvalue weighted by Gasteiger charge is 2.52. The highest BCUT2D eigenvalue weighted by atomic mass is 35.5. The quantitative estimate of drug-likeness (QED) is 0.111. The Balaban J connectivity index is 1.15. The second-order valence-corrected chi connectivity index (χ2v) is 16.1. The maximum Gasteiger partial charge on any atom is 0.386 e. The average molecular weight is 727 g/mol. The summed E-state index contributed by atoms with van der Waals surface area (Å²) in [4.78, 5) is 45.7. The number of nitrogens with one attached hydrogen (secondary N) is 1. The van der Waals surface area contributed by atoms with E-state index < -0.39 is 75.3 Å². The third-order valence-electron chi connectivity index (χ3n) is 7.23. The molecule has 0 aromatic carbocycles. The van der Waals surface area contributed by atoms with Gasteiger partial charge in [0.2, 0.25) is 11.2 Å². The number of nitrogens with two attached hydrogens (primary N) is 2. The summed E-state index contributed by atoms with van der Waals surface area (Å²) >= 11 is 15.3. The van der Waals surface area contributed by atoms with Crippen molar-refractivity contribution in [2.24, 2.45) is 0 Å². The molecule has 19 nitrogen and oxygen atoms in total. The van der Waals surface area contributed by atoms with Crippen LogP contribution in [0, 0.1) is 0 Å². The van der Waals surface area contributed by atoms with Crippen molar-refractivity contribution >= 4 is 83.3 Å². The van der Waals surface area contributed by atoms with Crippen molar-refractivity contribution in [1.29, 1.82) is 0 Å². The Bertz CT molecular complexity index is 1970. The summed E-state index contributed by atoms with van der Waals surface area (Å²) in [6.07, 6.45) is -6.66. The van der Waals surface area contributed by atoms with Gasteiger partial charge in [-0.05, 0) is 23.4 Å². The number of nitrogen functional groups attached to an aromatic ring is 2. The lowest BCUT2D eigenvalue weighted by molar-refractivity contribution is -0.0561. The van der Waals surface area contributed by atoms with Crippen LogP contribution in [0.15, 0.2) is 17.4 Å². The van der Waals surface area contributed by atoms with Gasteiger partial charge in [0.1, 0.15) is 30.1 Å². The fourth-order valence-electron chi connectivity index (χ4n) is 5.28. The first-order valence-electron chi connectivity index (χ1n) is 12.9. The highest BCUT2D eigenvalue weighted by molar-refractivity contribution is 8.44. The van der Waals surface area contributed by atoms with E-state index in [4.69, 9.17) is 62.4 Å². The molecule has 6 N–H and O–H groups in total. The van der Waals surface area contributed by atoms with Crippen molar-refractivity contribution in [2.75, 3.05) is 24.7 Å². The molecule has 0 saturated carbocycles. The minimum atomic E-state index is -4.31. The first kappa shape index (κ1) is 31.3. The number of aromatic nitrogens is 8. The van der Waals surface area contributed by atoms with Crippen LogP contribution in [-0.4, -0.2) is 87.7 Å². The number of alkyl halides is 1. The Hall–Kier alpha value is -2.33. The number of H-pyrrole nitrogens is 1. The zero-order valence-electron chi connectivity index (χ0n) is 22.3. The molecule has 0 aliphatic carbocycles. The van der Waals surface area contributed by atoms with Crippen LogP contribution in [0.5, 0.6) is 0 Å². The third kappa shape index (κ3) is 5.87. The summed E-state index contributed by atoms with van der Waals surface area (Å²) < 4.78 is 66.4. The van der Waals surface area contributed by atoms with Crippen LogP contribution in [-0.2, 0) is 43.9 Å². The molecule has 0 amide bonds. The van der Waals surface area contributed by atoms with Crippen LogP contribution in [0.1, 0.15) is 18.9 Å². The number of halogens is 2. The molecule has 5 unspecified atom stereocenters. The monoisotopic (exact) mass is 726 g/mol. The van der Waals surface area contributed by atoms with Crippen LogP contribution in [0.2, 0.25) is 5.28 Å². The maximum atomic E-state index is 16.0. The molecule has 7 rings (SSSR count). The van der Waals surface area contributed by atoms with E-state index in [1.54, 1.807) is 0 Å². The minimum Gasteiger partial charge on any atom is -0.382 e. The first-order valence-corrected chi connectivity index (χ1v) is 18.6. The molecule has 3 saturated heterocycles. The standard InChI is InChI=1S/C20H22ClFN10O9P2S2/c21-19-27-14(23)11-15(28-19)31(4-25-11)9-1-6-7(38-9)2-36-43(35,45)41-13-8(3-37-42(34,44)40-6)39-18(10(13)22)32-5-26-12-16(32)29-20(24)30-17(12)33/h4-10,13,18H,1-3H2,(H,34,44)(H,35,45)(H2,23,27,28)(H3,24,29,30,33)/t6?,7-,8-,9-,10?,13?,18-,42?,43?/m1/s1. The Kier molecular flexibility index (Phi) is 7.94. The van der Waals surface area contributed by atoms with Crippen molar-refractivity contribution in [3.05, 3.63) is 28.3 Å². The number of nitrogens with zero attached hydrogens (tertiary/aromatic N) is 7. The van der Waals surface area contributed by atoms with E-state index in [0.717, 1.165) is 10.9 Å². The largest absolute Gasteiger partial charge is 0.386 e. The molecule has 242 valence electrons. The Morgan fingerprint density at radius 3 is 2.56 bits per heavy atom. The molecule has 9 atom stereocenters. The van der Waals surface area contributed by atoms with Crippen molar-refractivity contribution < 1.29 is 41.4 Å². The van der Waals surface area contributed by atoms with Gasteiger partial charge < -0.3 is 34.9 Å². The number of anilines is 2. The van der Waals surface area contributed by atoms with Gasteiger partial charge >= 0.3 is 13.5 Å². The summed E-state index contributed by atoms with van der Waals surface area (Å²) in [5.74, 6) is -0.186. The number of imidazole rings is 2. The number of ether oxygens (including phenoxy) is 2. The normalized spacial score (nSPS) is 36.0. The van der Waals surface area contributed by atoms with E-state index in [9.17, 15) is 14.3 Å². The van der Waals surface area contributed by atoms with Crippen LogP contribution in [0.4, 0.5) is 16.2 Å². The number of aromatic amines is 1. The molecule has 3 aliphatic rings. The number of rotatable bonds is 2. The lowest BCUT2D eigenvalue weighted by atomic mass is 10.1. The van der Waals surface area contributed by atoms with Gasteiger partial charge in [0.05, 0.1) is 32.0 Å². The third-order valence-corrected chi connectivity index (χ3v) is 10.6. The molecule has 4 aromatic heterocycles. The van der Waals surface area contributed by atoms with Gasteiger partial charge in [0, 0.05) is 6.42 Å². The van der Waals surface area contributed by atoms with Crippen LogP contribution in [0.3, 0.4) is 0 Å². The SMILES string of the molecule is Nc1nc2c(ncn2[C@@H]2O[C@@H]3COP(O)(=S)OC4C[C@H](n5cnc6c(N)nc(Cl)nc65)O[C@@H]4COP(=O)(S)OC3C2F)c(=O)[nH]1. The lowest BCUT2D eigenvalue weighted by Gasteiger charge is -2.28. The van der Waals surface area contributed by atoms with E-state index in [0.29, 0.717) is 0 Å². The molecule has 25 heteroatoms. The zero-order chi connectivity index (χ0) is 31.8. The van der Waals surface area contributed by atoms with Gasteiger partial charge in [-0.15, -0.1) is 0 Å². The molecule has 0 bridgehead atoms. The molecule has 0 radical (unpaired) electrons. The number of hydrogen-bond acceptors (Lipinski definition) is 16. The van der Waals surface area contributed by atoms with E-state index in [1.165, 1.54) is 10.9 Å². The second kappa shape index (κ2) is 11.4. The molecule has 45 heavy (non-hydrogen) atoms. The molecule has 7 heterocycles. The average Bonchev–Trinajstić information content (AvgIpc) is 3.71. The molecule has 4 aromatic rings. The van der Waals surface area contributed by atoms with Gasteiger partial charge in [-0.3, -0.25) is 28.0 Å².